The fourth-order valence-electron chi connectivity index (χ4n) is 2.80. The zero-order chi connectivity index (χ0) is 11.2. The average Bonchev–Trinajstić information content (AvgIpc) is 3.15. The minimum atomic E-state index is 0.566. The predicted molar refractivity (Wildman–Crippen MR) is 67.6 cm³/mol. The number of hydrogen-bond acceptors (Lipinski definition) is 2. The molecule has 2 rings (SSSR count). The van der Waals surface area contributed by atoms with Crippen molar-refractivity contribution in [3.63, 3.8) is 0 Å². The summed E-state index contributed by atoms with van der Waals surface area (Å²) in [6.45, 7) is 4.49. The summed E-state index contributed by atoms with van der Waals surface area (Å²) in [4.78, 5) is 0. The molecule has 0 aromatic carbocycles. The molecule has 2 unspecified atom stereocenters. The first kappa shape index (κ1) is 12.4. The van der Waals surface area contributed by atoms with E-state index < -0.39 is 0 Å². The van der Waals surface area contributed by atoms with Gasteiger partial charge in [-0.2, -0.15) is 0 Å². The number of ether oxygens (including phenoxy) is 1. The van der Waals surface area contributed by atoms with Crippen LogP contribution >= 0.6 is 0 Å². The molecule has 1 aliphatic heterocycles. The van der Waals surface area contributed by atoms with Gasteiger partial charge in [0.25, 0.3) is 0 Å². The summed E-state index contributed by atoms with van der Waals surface area (Å²) in [5.41, 5.74) is 0. The Morgan fingerprint density at radius 1 is 1.25 bits per heavy atom. The zero-order valence-corrected chi connectivity index (χ0v) is 10.7. The molecule has 2 atom stereocenters. The van der Waals surface area contributed by atoms with Crippen molar-refractivity contribution in [2.75, 3.05) is 13.2 Å². The van der Waals surface area contributed by atoms with Crippen molar-refractivity contribution in [3.05, 3.63) is 0 Å². The van der Waals surface area contributed by atoms with E-state index in [1.165, 1.54) is 57.9 Å². The third-order valence-electron chi connectivity index (χ3n) is 4.01. The van der Waals surface area contributed by atoms with Gasteiger partial charge in [-0.25, -0.2) is 0 Å². The highest BCUT2D eigenvalue weighted by Crippen LogP contribution is 2.33. The molecule has 0 aromatic rings. The van der Waals surface area contributed by atoms with Crippen molar-refractivity contribution in [1.29, 1.82) is 0 Å². The second kappa shape index (κ2) is 6.61. The van der Waals surface area contributed by atoms with Crippen molar-refractivity contribution in [1.82, 2.24) is 5.32 Å². The predicted octanol–water partition coefficient (Wildman–Crippen LogP) is 3.11. The molecule has 2 nitrogen and oxygen atoms in total. The van der Waals surface area contributed by atoms with Gasteiger partial charge in [0, 0.05) is 12.6 Å². The molecule has 1 saturated carbocycles. The number of rotatable bonds is 7. The van der Waals surface area contributed by atoms with E-state index >= 15 is 0 Å². The summed E-state index contributed by atoms with van der Waals surface area (Å²) >= 11 is 0. The summed E-state index contributed by atoms with van der Waals surface area (Å²) in [6, 6.07) is 0.798. The van der Waals surface area contributed by atoms with Crippen molar-refractivity contribution in [2.24, 2.45) is 5.92 Å². The molecule has 0 spiro atoms. The maximum Gasteiger partial charge on any atom is 0.0575 e. The van der Waals surface area contributed by atoms with E-state index in [0.717, 1.165) is 18.6 Å². The van der Waals surface area contributed by atoms with Crippen LogP contribution in [0.5, 0.6) is 0 Å². The van der Waals surface area contributed by atoms with Crippen LogP contribution in [0.1, 0.15) is 58.3 Å². The van der Waals surface area contributed by atoms with Gasteiger partial charge in [0.1, 0.15) is 0 Å². The Hall–Kier alpha value is -0.0800. The van der Waals surface area contributed by atoms with Gasteiger partial charge < -0.3 is 10.1 Å². The molecule has 1 N–H and O–H groups in total. The number of hydrogen-bond donors (Lipinski definition) is 1. The molecular weight excluding hydrogens is 198 g/mol. The molecule has 0 aromatic heterocycles. The average molecular weight is 225 g/mol. The molecule has 2 heteroatoms. The molecule has 1 saturated heterocycles. The Morgan fingerprint density at radius 2 is 2.12 bits per heavy atom. The Labute approximate surface area is 100 Å². The Balaban J connectivity index is 1.50. The Morgan fingerprint density at radius 3 is 2.75 bits per heavy atom. The lowest BCUT2D eigenvalue weighted by molar-refractivity contribution is 0.0101. The Kier molecular flexibility index (Phi) is 5.11. The minimum absolute atomic E-state index is 0.566. The Bertz CT molecular complexity index is 185. The fourth-order valence-corrected chi connectivity index (χ4v) is 2.80. The lowest BCUT2D eigenvalue weighted by atomic mass is 10.0. The van der Waals surface area contributed by atoms with Crippen LogP contribution in [0, 0.1) is 5.92 Å². The fraction of sp³-hybridized carbons (Fsp3) is 1.00. The topological polar surface area (TPSA) is 21.3 Å². The van der Waals surface area contributed by atoms with Gasteiger partial charge >= 0.3 is 0 Å². The van der Waals surface area contributed by atoms with Crippen LogP contribution in [0.25, 0.3) is 0 Å². The van der Waals surface area contributed by atoms with Gasteiger partial charge in [0.2, 0.25) is 0 Å². The quantitative estimate of drug-likeness (QED) is 0.672. The lowest BCUT2D eigenvalue weighted by Crippen LogP contribution is -2.32. The highest BCUT2D eigenvalue weighted by atomic mass is 16.5. The largest absolute Gasteiger partial charge is 0.378 e. The summed E-state index contributed by atoms with van der Waals surface area (Å²) < 4.78 is 5.74. The summed E-state index contributed by atoms with van der Waals surface area (Å²) in [6.07, 6.45) is 11.3. The van der Waals surface area contributed by atoms with E-state index in [1.54, 1.807) is 0 Å². The second-order valence-corrected chi connectivity index (χ2v) is 5.44. The van der Waals surface area contributed by atoms with Gasteiger partial charge in [-0.15, -0.1) is 0 Å². The van der Waals surface area contributed by atoms with Crippen LogP contribution < -0.4 is 5.32 Å². The van der Waals surface area contributed by atoms with Crippen molar-refractivity contribution in [3.8, 4) is 0 Å². The standard InChI is InChI=1S/C14H27NO/c1-2-14(12-8-9-12)15-10-5-7-13-6-3-4-11-16-13/h12-15H,2-11H2,1H3. The first-order valence-electron chi connectivity index (χ1n) is 7.25. The normalized spacial score (nSPS) is 27.9. The minimum Gasteiger partial charge on any atom is -0.378 e. The van der Waals surface area contributed by atoms with E-state index in [-0.39, 0.29) is 0 Å². The second-order valence-electron chi connectivity index (χ2n) is 5.44. The van der Waals surface area contributed by atoms with Crippen LogP contribution in [-0.4, -0.2) is 25.3 Å². The van der Waals surface area contributed by atoms with Gasteiger partial charge in [-0.3, -0.25) is 0 Å². The molecule has 2 aliphatic rings. The van der Waals surface area contributed by atoms with Crippen LogP contribution in [-0.2, 0) is 4.74 Å². The van der Waals surface area contributed by atoms with Crippen LogP contribution in [0.4, 0.5) is 0 Å². The third-order valence-corrected chi connectivity index (χ3v) is 4.01. The van der Waals surface area contributed by atoms with E-state index in [2.05, 4.69) is 12.2 Å². The molecule has 16 heavy (non-hydrogen) atoms. The number of nitrogens with one attached hydrogen (secondary N) is 1. The van der Waals surface area contributed by atoms with E-state index in [1.807, 2.05) is 0 Å². The molecule has 0 bridgehead atoms. The highest BCUT2D eigenvalue weighted by Gasteiger charge is 2.29. The summed E-state index contributed by atoms with van der Waals surface area (Å²) in [5, 5.41) is 3.72. The SMILES string of the molecule is CCC(NCCCC1CCCCO1)C1CC1. The molecule has 1 aliphatic carbocycles. The molecule has 1 heterocycles. The smallest absolute Gasteiger partial charge is 0.0575 e. The van der Waals surface area contributed by atoms with Crippen molar-refractivity contribution in [2.45, 2.75) is 70.4 Å². The molecular formula is C14H27NO. The van der Waals surface area contributed by atoms with Gasteiger partial charge in [-0.1, -0.05) is 6.92 Å². The van der Waals surface area contributed by atoms with Crippen molar-refractivity contribution < 1.29 is 4.74 Å². The van der Waals surface area contributed by atoms with Gasteiger partial charge in [0.05, 0.1) is 6.10 Å². The van der Waals surface area contributed by atoms with Crippen molar-refractivity contribution >= 4 is 0 Å². The highest BCUT2D eigenvalue weighted by molar-refractivity contribution is 4.85. The maximum atomic E-state index is 5.74. The van der Waals surface area contributed by atoms with E-state index in [0.29, 0.717) is 6.10 Å². The molecule has 2 fully saturated rings. The summed E-state index contributed by atoms with van der Waals surface area (Å²) in [7, 11) is 0. The van der Waals surface area contributed by atoms with Gasteiger partial charge in [-0.05, 0) is 63.8 Å². The lowest BCUT2D eigenvalue weighted by Gasteiger charge is -2.23. The van der Waals surface area contributed by atoms with Crippen LogP contribution in [0.2, 0.25) is 0 Å². The molecule has 0 radical (unpaired) electrons. The monoisotopic (exact) mass is 225 g/mol. The van der Waals surface area contributed by atoms with Crippen LogP contribution in [0.3, 0.4) is 0 Å². The summed E-state index contributed by atoms with van der Waals surface area (Å²) in [5.74, 6) is 0.996. The first-order chi connectivity index (χ1) is 7.90. The first-order valence-corrected chi connectivity index (χ1v) is 7.25. The van der Waals surface area contributed by atoms with E-state index in [4.69, 9.17) is 4.74 Å². The third kappa shape index (κ3) is 4.06. The molecule has 0 amide bonds. The van der Waals surface area contributed by atoms with Gasteiger partial charge in [0.15, 0.2) is 0 Å². The van der Waals surface area contributed by atoms with Crippen LogP contribution in [0.15, 0.2) is 0 Å². The maximum absolute atomic E-state index is 5.74. The zero-order valence-electron chi connectivity index (χ0n) is 10.7. The van der Waals surface area contributed by atoms with E-state index in [9.17, 15) is 0 Å². The molecule has 94 valence electrons.